The summed E-state index contributed by atoms with van der Waals surface area (Å²) in [4.78, 5) is 0. The molecule has 0 N–H and O–H groups in total. The Morgan fingerprint density at radius 1 is 0.897 bits per heavy atom. The molecule has 3 rings (SSSR count). The van der Waals surface area contributed by atoms with Crippen molar-refractivity contribution in [3.63, 3.8) is 0 Å². The van der Waals surface area contributed by atoms with Gasteiger partial charge in [0, 0.05) is 12.0 Å². The molecule has 1 fully saturated rings. The maximum atomic E-state index is 14.9. The molecule has 29 heavy (non-hydrogen) atoms. The Labute approximate surface area is 173 Å². The smallest absolute Gasteiger partial charge is 0.201 e. The lowest BCUT2D eigenvalue weighted by molar-refractivity contribution is 0.179. The topological polar surface area (TPSA) is 9.23 Å². The summed E-state index contributed by atoms with van der Waals surface area (Å²) in [6.45, 7) is 4.21. The van der Waals surface area contributed by atoms with Gasteiger partial charge >= 0.3 is 0 Å². The monoisotopic (exact) mass is 408 g/mol. The molecule has 1 unspecified atom stereocenters. The van der Waals surface area contributed by atoms with Crippen LogP contribution < -0.4 is 4.74 Å². The van der Waals surface area contributed by atoms with E-state index in [1.165, 1.54) is 63.5 Å². The molecule has 1 atom stereocenters. The third kappa shape index (κ3) is 5.38. The molecule has 0 bridgehead atoms. The van der Waals surface area contributed by atoms with Crippen molar-refractivity contribution >= 4 is 5.57 Å². The van der Waals surface area contributed by atoms with Gasteiger partial charge in [-0.15, -0.1) is 0 Å². The zero-order valence-corrected chi connectivity index (χ0v) is 17.9. The van der Waals surface area contributed by atoms with Crippen molar-refractivity contribution in [2.24, 2.45) is 17.8 Å². The Morgan fingerprint density at radius 2 is 1.66 bits per heavy atom. The van der Waals surface area contributed by atoms with Crippen LogP contribution in [0.5, 0.6) is 5.75 Å². The van der Waals surface area contributed by atoms with E-state index in [2.05, 4.69) is 6.92 Å². The van der Waals surface area contributed by atoms with Gasteiger partial charge in [-0.2, -0.15) is 4.39 Å². The van der Waals surface area contributed by atoms with Gasteiger partial charge in [0.25, 0.3) is 0 Å². The molecule has 4 heteroatoms. The first-order chi connectivity index (χ1) is 14.0. The maximum Gasteiger partial charge on any atom is 0.201 e. The van der Waals surface area contributed by atoms with E-state index in [0.717, 1.165) is 12.3 Å². The molecule has 0 spiro atoms. The van der Waals surface area contributed by atoms with Crippen molar-refractivity contribution in [3.8, 4) is 5.75 Å². The van der Waals surface area contributed by atoms with E-state index in [0.29, 0.717) is 30.3 Å². The zero-order chi connectivity index (χ0) is 20.8. The predicted octanol–water partition coefficient (Wildman–Crippen LogP) is 8.23. The van der Waals surface area contributed by atoms with Crippen LogP contribution in [0.1, 0.15) is 90.0 Å². The highest BCUT2D eigenvalue weighted by molar-refractivity contribution is 5.69. The van der Waals surface area contributed by atoms with Crippen LogP contribution in [0.25, 0.3) is 5.57 Å². The van der Waals surface area contributed by atoms with Crippen LogP contribution in [0.3, 0.4) is 0 Å². The minimum absolute atomic E-state index is 0.0570. The second kappa shape index (κ2) is 10.5. The number of rotatable bonds is 8. The number of unbranched alkanes of at least 4 members (excludes halogenated alkanes) is 2. The van der Waals surface area contributed by atoms with E-state index in [4.69, 9.17) is 4.74 Å². The van der Waals surface area contributed by atoms with Gasteiger partial charge < -0.3 is 4.74 Å². The zero-order valence-electron chi connectivity index (χ0n) is 17.9. The summed E-state index contributed by atoms with van der Waals surface area (Å²) >= 11 is 0. The highest BCUT2D eigenvalue weighted by atomic mass is 19.2. The molecular formula is C25H35F3O. The fourth-order valence-corrected chi connectivity index (χ4v) is 5.27. The van der Waals surface area contributed by atoms with E-state index in [9.17, 15) is 13.2 Å². The summed E-state index contributed by atoms with van der Waals surface area (Å²) in [5, 5.41) is 0. The van der Waals surface area contributed by atoms with E-state index < -0.39 is 11.6 Å². The summed E-state index contributed by atoms with van der Waals surface area (Å²) < 4.78 is 48.7. The van der Waals surface area contributed by atoms with Crippen molar-refractivity contribution < 1.29 is 17.9 Å². The van der Waals surface area contributed by atoms with Crippen LogP contribution in [0, 0.1) is 29.4 Å². The summed E-state index contributed by atoms with van der Waals surface area (Å²) in [5.41, 5.74) is 0.399. The second-order valence-corrected chi connectivity index (χ2v) is 8.84. The summed E-state index contributed by atoms with van der Waals surface area (Å²) in [6.07, 6.45) is 11.9. The van der Waals surface area contributed by atoms with Crippen LogP contribution in [0.2, 0.25) is 0 Å². The summed E-state index contributed by atoms with van der Waals surface area (Å²) in [6, 6.07) is 2.86. The van der Waals surface area contributed by atoms with Gasteiger partial charge in [0.15, 0.2) is 11.6 Å². The molecule has 0 aromatic heterocycles. The minimum Gasteiger partial charge on any atom is -0.491 e. The number of allylic oxidation sites excluding steroid dienone is 2. The Morgan fingerprint density at radius 3 is 2.31 bits per heavy atom. The van der Waals surface area contributed by atoms with Gasteiger partial charge in [0.1, 0.15) is 5.83 Å². The first kappa shape index (κ1) is 22.2. The summed E-state index contributed by atoms with van der Waals surface area (Å²) in [5.74, 6) is -0.621. The highest BCUT2D eigenvalue weighted by Crippen LogP contribution is 2.45. The molecule has 2 aliphatic carbocycles. The maximum absolute atomic E-state index is 14.9. The molecule has 0 radical (unpaired) electrons. The van der Waals surface area contributed by atoms with Crippen molar-refractivity contribution in [1.82, 2.24) is 0 Å². The lowest BCUT2D eigenvalue weighted by Gasteiger charge is -2.36. The van der Waals surface area contributed by atoms with E-state index in [-0.39, 0.29) is 23.7 Å². The highest BCUT2D eigenvalue weighted by Gasteiger charge is 2.32. The van der Waals surface area contributed by atoms with Gasteiger partial charge in [-0.3, -0.25) is 0 Å². The third-order valence-corrected chi connectivity index (χ3v) is 6.98. The SMILES string of the molecule is CCCCCC1CCC(C2CCC(c3ccc(OCC)c(F)c3F)=C(F)C2)CC1. The lowest BCUT2D eigenvalue weighted by atomic mass is 9.70. The number of halogens is 3. The Kier molecular flexibility index (Phi) is 8.08. The molecule has 1 nitrogen and oxygen atoms in total. The predicted molar refractivity (Wildman–Crippen MR) is 112 cm³/mol. The molecule has 0 saturated heterocycles. The summed E-state index contributed by atoms with van der Waals surface area (Å²) in [7, 11) is 0. The largest absolute Gasteiger partial charge is 0.491 e. The fraction of sp³-hybridized carbons (Fsp3) is 0.680. The quantitative estimate of drug-likeness (QED) is 0.394. The van der Waals surface area contributed by atoms with Crippen LogP contribution in [-0.4, -0.2) is 6.61 Å². The lowest BCUT2D eigenvalue weighted by Crippen LogP contribution is -2.24. The van der Waals surface area contributed by atoms with Crippen molar-refractivity contribution in [2.75, 3.05) is 6.61 Å². The molecule has 1 aromatic rings. The first-order valence-electron chi connectivity index (χ1n) is 11.5. The van der Waals surface area contributed by atoms with Crippen molar-refractivity contribution in [3.05, 3.63) is 35.2 Å². The van der Waals surface area contributed by atoms with E-state index in [1.807, 2.05) is 0 Å². The average molecular weight is 409 g/mol. The molecule has 0 amide bonds. The normalized spacial score (nSPS) is 25.3. The third-order valence-electron chi connectivity index (χ3n) is 6.98. The van der Waals surface area contributed by atoms with Gasteiger partial charge in [-0.25, -0.2) is 8.78 Å². The molecule has 0 heterocycles. The number of ether oxygens (including phenoxy) is 1. The molecule has 2 aliphatic rings. The second-order valence-electron chi connectivity index (χ2n) is 8.84. The Balaban J connectivity index is 1.61. The van der Waals surface area contributed by atoms with Crippen molar-refractivity contribution in [2.45, 2.75) is 84.5 Å². The fourth-order valence-electron chi connectivity index (χ4n) is 5.27. The Hall–Kier alpha value is -1.45. The standard InChI is InChI=1S/C25H35F3O/c1-3-5-6-7-17-8-10-18(11-9-17)19-12-13-20(22(26)16-19)21-14-15-23(29-4-2)25(28)24(21)27/h14-15,17-19H,3-13,16H2,1-2H3. The van der Waals surface area contributed by atoms with Crippen LogP contribution in [-0.2, 0) is 0 Å². The minimum atomic E-state index is -1.02. The van der Waals surface area contributed by atoms with E-state index in [1.54, 1.807) is 6.92 Å². The van der Waals surface area contributed by atoms with Gasteiger partial charge in [0.05, 0.1) is 6.61 Å². The molecule has 162 valence electrons. The van der Waals surface area contributed by atoms with Gasteiger partial charge in [-0.05, 0) is 68.1 Å². The van der Waals surface area contributed by atoms with E-state index >= 15 is 0 Å². The van der Waals surface area contributed by atoms with Gasteiger partial charge in [-0.1, -0.05) is 45.4 Å². The van der Waals surface area contributed by atoms with Crippen LogP contribution in [0.4, 0.5) is 13.2 Å². The molecular weight excluding hydrogens is 373 g/mol. The van der Waals surface area contributed by atoms with Crippen LogP contribution >= 0.6 is 0 Å². The number of hydrogen-bond acceptors (Lipinski definition) is 1. The number of hydrogen-bond donors (Lipinski definition) is 0. The van der Waals surface area contributed by atoms with Gasteiger partial charge in [0.2, 0.25) is 5.82 Å². The average Bonchev–Trinajstić information content (AvgIpc) is 2.73. The Bertz CT molecular complexity index is 704. The number of benzene rings is 1. The molecule has 0 aliphatic heterocycles. The molecule has 1 aromatic carbocycles. The van der Waals surface area contributed by atoms with Crippen LogP contribution in [0.15, 0.2) is 18.0 Å². The van der Waals surface area contributed by atoms with Crippen molar-refractivity contribution in [1.29, 1.82) is 0 Å². The molecule has 1 saturated carbocycles. The first-order valence-corrected chi connectivity index (χ1v) is 11.5.